The van der Waals surface area contributed by atoms with Gasteiger partial charge in [-0.05, 0) is 18.2 Å². The topological polar surface area (TPSA) is 81.4 Å². The molecule has 0 unspecified atom stereocenters. The van der Waals surface area contributed by atoms with E-state index in [1.165, 1.54) is 11.8 Å². The molecule has 0 saturated carbocycles. The highest BCUT2D eigenvalue weighted by molar-refractivity contribution is 5.92. The van der Waals surface area contributed by atoms with E-state index in [0.29, 0.717) is 11.3 Å². The quantitative estimate of drug-likeness (QED) is 0.850. The van der Waals surface area contributed by atoms with Crippen LogP contribution >= 0.6 is 0 Å². The molecule has 0 aliphatic carbocycles. The van der Waals surface area contributed by atoms with Crippen LogP contribution < -0.4 is 4.90 Å². The Morgan fingerprint density at radius 1 is 1.47 bits per heavy atom. The molecule has 1 N–H and O–H groups in total. The normalized spacial score (nSPS) is 9.41. The fourth-order valence-corrected chi connectivity index (χ4v) is 1.42. The second-order valence-corrected chi connectivity index (χ2v) is 3.48. The molecule has 1 aromatic carbocycles. The predicted octanol–water partition coefficient (Wildman–Crippen LogP) is 1.39. The molecule has 0 saturated heterocycles. The van der Waals surface area contributed by atoms with Crippen LogP contribution in [0.15, 0.2) is 24.3 Å². The van der Waals surface area contributed by atoms with E-state index in [-0.39, 0.29) is 18.9 Å². The lowest BCUT2D eigenvalue weighted by Gasteiger charge is -2.20. The van der Waals surface area contributed by atoms with Crippen LogP contribution in [0.5, 0.6) is 0 Å². The number of anilines is 1. The summed E-state index contributed by atoms with van der Waals surface area (Å²) in [6.07, 6.45) is -0.129. The number of benzene rings is 1. The SMILES string of the molecule is CC(=O)N(CCC(=O)O)c1cccc(C#N)c1. The van der Waals surface area contributed by atoms with Crippen LogP contribution in [0, 0.1) is 11.3 Å². The number of carbonyl (C=O) groups is 2. The summed E-state index contributed by atoms with van der Waals surface area (Å²) in [5.41, 5.74) is 0.974. The molecule has 0 bridgehead atoms. The molecule has 0 fully saturated rings. The zero-order valence-corrected chi connectivity index (χ0v) is 9.38. The number of rotatable bonds is 4. The molecule has 0 aliphatic rings. The monoisotopic (exact) mass is 232 g/mol. The molecular formula is C12H12N2O3. The minimum Gasteiger partial charge on any atom is -0.481 e. The lowest BCUT2D eigenvalue weighted by Crippen LogP contribution is -2.30. The molecule has 0 atom stereocenters. The Morgan fingerprint density at radius 2 is 2.18 bits per heavy atom. The first-order valence-corrected chi connectivity index (χ1v) is 5.04. The van der Waals surface area contributed by atoms with Gasteiger partial charge in [0.15, 0.2) is 0 Å². The fourth-order valence-electron chi connectivity index (χ4n) is 1.42. The zero-order valence-electron chi connectivity index (χ0n) is 9.38. The average molecular weight is 232 g/mol. The van der Waals surface area contributed by atoms with E-state index < -0.39 is 5.97 Å². The fraction of sp³-hybridized carbons (Fsp3) is 0.250. The maximum Gasteiger partial charge on any atom is 0.305 e. The Kier molecular flexibility index (Phi) is 4.23. The number of carboxylic acid groups (broad SMARTS) is 1. The first-order valence-electron chi connectivity index (χ1n) is 5.04. The number of carbonyl (C=O) groups excluding carboxylic acids is 1. The second-order valence-electron chi connectivity index (χ2n) is 3.48. The van der Waals surface area contributed by atoms with Crippen LogP contribution in [0.2, 0.25) is 0 Å². The molecule has 0 radical (unpaired) electrons. The number of hydrogen-bond donors (Lipinski definition) is 1. The maximum absolute atomic E-state index is 11.4. The van der Waals surface area contributed by atoms with Gasteiger partial charge in [-0.1, -0.05) is 6.07 Å². The number of amides is 1. The van der Waals surface area contributed by atoms with Gasteiger partial charge in [0.1, 0.15) is 0 Å². The van der Waals surface area contributed by atoms with Crippen LogP contribution in [-0.4, -0.2) is 23.5 Å². The van der Waals surface area contributed by atoms with Crippen molar-refractivity contribution in [3.8, 4) is 6.07 Å². The van der Waals surface area contributed by atoms with E-state index in [1.54, 1.807) is 24.3 Å². The molecule has 1 amide bonds. The van der Waals surface area contributed by atoms with Crippen LogP contribution in [0.25, 0.3) is 0 Å². The van der Waals surface area contributed by atoms with Gasteiger partial charge in [-0.3, -0.25) is 9.59 Å². The van der Waals surface area contributed by atoms with Crippen molar-refractivity contribution in [1.82, 2.24) is 0 Å². The maximum atomic E-state index is 11.4. The van der Waals surface area contributed by atoms with E-state index in [9.17, 15) is 9.59 Å². The minimum atomic E-state index is -0.965. The lowest BCUT2D eigenvalue weighted by atomic mass is 10.2. The summed E-state index contributed by atoms with van der Waals surface area (Å²) in [5, 5.41) is 17.4. The first kappa shape index (κ1) is 12.7. The molecule has 1 aromatic rings. The van der Waals surface area contributed by atoms with Gasteiger partial charge in [-0.25, -0.2) is 0 Å². The molecule has 1 rings (SSSR count). The van der Waals surface area contributed by atoms with Gasteiger partial charge in [0.2, 0.25) is 5.91 Å². The van der Waals surface area contributed by atoms with E-state index in [4.69, 9.17) is 10.4 Å². The van der Waals surface area contributed by atoms with Gasteiger partial charge in [0.05, 0.1) is 18.1 Å². The molecule has 0 heterocycles. The van der Waals surface area contributed by atoms with Gasteiger partial charge in [-0.2, -0.15) is 5.26 Å². The Balaban J connectivity index is 2.93. The number of nitrogens with zero attached hydrogens (tertiary/aromatic N) is 2. The molecule has 17 heavy (non-hydrogen) atoms. The number of nitriles is 1. The Morgan fingerprint density at radius 3 is 2.71 bits per heavy atom. The van der Waals surface area contributed by atoms with Gasteiger partial charge >= 0.3 is 5.97 Å². The highest BCUT2D eigenvalue weighted by Crippen LogP contribution is 2.16. The highest BCUT2D eigenvalue weighted by atomic mass is 16.4. The van der Waals surface area contributed by atoms with Gasteiger partial charge in [0, 0.05) is 19.2 Å². The van der Waals surface area contributed by atoms with Crippen molar-refractivity contribution in [2.75, 3.05) is 11.4 Å². The summed E-state index contributed by atoms with van der Waals surface area (Å²) in [6, 6.07) is 8.48. The van der Waals surface area contributed by atoms with Gasteiger partial charge in [-0.15, -0.1) is 0 Å². The van der Waals surface area contributed by atoms with E-state index in [0.717, 1.165) is 0 Å². The number of carboxylic acids is 1. The number of aliphatic carboxylic acids is 1. The summed E-state index contributed by atoms with van der Waals surface area (Å²) in [4.78, 5) is 23.2. The third-order valence-electron chi connectivity index (χ3n) is 2.22. The van der Waals surface area contributed by atoms with Crippen molar-refractivity contribution < 1.29 is 14.7 Å². The van der Waals surface area contributed by atoms with Crippen molar-refractivity contribution in [1.29, 1.82) is 5.26 Å². The highest BCUT2D eigenvalue weighted by Gasteiger charge is 2.13. The third kappa shape index (κ3) is 3.61. The molecule has 5 heteroatoms. The average Bonchev–Trinajstić information content (AvgIpc) is 2.28. The molecule has 0 aromatic heterocycles. The van der Waals surface area contributed by atoms with Crippen LogP contribution in [0.4, 0.5) is 5.69 Å². The van der Waals surface area contributed by atoms with Crippen LogP contribution in [-0.2, 0) is 9.59 Å². The van der Waals surface area contributed by atoms with Crippen molar-refractivity contribution >= 4 is 17.6 Å². The summed E-state index contributed by atoms with van der Waals surface area (Å²) in [5.74, 6) is -1.21. The van der Waals surface area contributed by atoms with Crippen LogP contribution in [0.1, 0.15) is 18.9 Å². The molecule has 0 spiro atoms. The summed E-state index contributed by atoms with van der Waals surface area (Å²) in [7, 11) is 0. The molecule has 0 aliphatic heterocycles. The number of hydrogen-bond acceptors (Lipinski definition) is 3. The summed E-state index contributed by atoms with van der Waals surface area (Å²) < 4.78 is 0. The van der Waals surface area contributed by atoms with Crippen LogP contribution in [0.3, 0.4) is 0 Å². The largest absolute Gasteiger partial charge is 0.481 e. The predicted molar refractivity (Wildman–Crippen MR) is 61.4 cm³/mol. The molecule has 5 nitrogen and oxygen atoms in total. The zero-order chi connectivity index (χ0) is 12.8. The summed E-state index contributed by atoms with van der Waals surface area (Å²) >= 11 is 0. The molecule has 88 valence electrons. The van der Waals surface area contributed by atoms with Crippen molar-refractivity contribution in [2.24, 2.45) is 0 Å². The Hall–Kier alpha value is -2.35. The standard InChI is InChI=1S/C12H12N2O3/c1-9(15)14(6-5-12(16)17)11-4-2-3-10(7-11)8-13/h2-4,7H,5-6H2,1H3,(H,16,17). The van der Waals surface area contributed by atoms with Crippen molar-refractivity contribution in [3.05, 3.63) is 29.8 Å². The van der Waals surface area contributed by atoms with Crippen molar-refractivity contribution in [2.45, 2.75) is 13.3 Å². The van der Waals surface area contributed by atoms with E-state index in [2.05, 4.69) is 0 Å². The van der Waals surface area contributed by atoms with Crippen molar-refractivity contribution in [3.63, 3.8) is 0 Å². The first-order chi connectivity index (χ1) is 8.04. The lowest BCUT2D eigenvalue weighted by molar-refractivity contribution is -0.136. The van der Waals surface area contributed by atoms with Gasteiger partial charge < -0.3 is 10.0 Å². The second kappa shape index (κ2) is 5.66. The van der Waals surface area contributed by atoms with E-state index in [1.807, 2.05) is 6.07 Å². The van der Waals surface area contributed by atoms with Gasteiger partial charge in [0.25, 0.3) is 0 Å². The molecular weight excluding hydrogens is 220 g/mol. The summed E-state index contributed by atoms with van der Waals surface area (Å²) in [6.45, 7) is 1.46. The third-order valence-corrected chi connectivity index (χ3v) is 2.22. The Bertz CT molecular complexity index is 477. The minimum absolute atomic E-state index is 0.0968. The van der Waals surface area contributed by atoms with E-state index >= 15 is 0 Å². The Labute approximate surface area is 98.9 Å². The smallest absolute Gasteiger partial charge is 0.305 e.